The first-order valence-corrected chi connectivity index (χ1v) is 12.7. The number of alkyl carbamates (subject to hydrolysis) is 1. The van der Waals surface area contributed by atoms with Gasteiger partial charge < -0.3 is 14.8 Å². The highest BCUT2D eigenvalue weighted by Crippen LogP contribution is 2.41. The van der Waals surface area contributed by atoms with Crippen LogP contribution in [0.2, 0.25) is 0 Å². The van der Waals surface area contributed by atoms with E-state index in [0.29, 0.717) is 12.1 Å². The molecule has 0 radical (unpaired) electrons. The summed E-state index contributed by atoms with van der Waals surface area (Å²) in [5.41, 5.74) is 0.995. The third-order valence-electron chi connectivity index (χ3n) is 5.06. The molecule has 1 N–H and O–H groups in total. The number of thiocarbonyl (C=S) groups is 1. The SMILES string of the molecule is CC1CC(c2ccncc2N=C=S)CC(NC(=O)OC(C)(C)C)C1OCCS(C)(=O)=O. The summed E-state index contributed by atoms with van der Waals surface area (Å²) in [4.78, 5) is 20.7. The van der Waals surface area contributed by atoms with Crippen LogP contribution in [0.25, 0.3) is 0 Å². The molecule has 1 fully saturated rings. The van der Waals surface area contributed by atoms with Gasteiger partial charge in [-0.15, -0.1) is 0 Å². The number of amides is 1. The van der Waals surface area contributed by atoms with E-state index in [9.17, 15) is 13.2 Å². The standard InChI is InChI=1S/C21H31N3O5S2/c1-14-10-15(16-6-7-22-12-18(16)23-13-30)11-17(24-20(25)29-21(2,3)4)19(14)28-8-9-31(5,26)27/h6-7,12,14-15,17,19H,8-11H2,1-5H3,(H,24,25). The number of rotatable bonds is 7. The molecule has 1 aromatic heterocycles. The van der Waals surface area contributed by atoms with Crippen molar-refractivity contribution in [3.8, 4) is 0 Å². The molecule has 4 atom stereocenters. The molecule has 10 heteroatoms. The summed E-state index contributed by atoms with van der Waals surface area (Å²) >= 11 is 4.76. The van der Waals surface area contributed by atoms with Crippen LogP contribution in [0.1, 0.15) is 52.0 Å². The van der Waals surface area contributed by atoms with Crippen molar-refractivity contribution in [2.75, 3.05) is 18.6 Å². The second kappa shape index (κ2) is 10.6. The normalized spacial score (nSPS) is 24.2. The van der Waals surface area contributed by atoms with Crippen molar-refractivity contribution < 1.29 is 22.7 Å². The van der Waals surface area contributed by atoms with E-state index >= 15 is 0 Å². The lowest BCUT2D eigenvalue weighted by molar-refractivity contribution is -0.0288. The largest absolute Gasteiger partial charge is 0.444 e. The van der Waals surface area contributed by atoms with E-state index in [1.54, 1.807) is 33.2 Å². The van der Waals surface area contributed by atoms with Gasteiger partial charge in [0.2, 0.25) is 0 Å². The Morgan fingerprint density at radius 3 is 2.71 bits per heavy atom. The second-order valence-corrected chi connectivity index (χ2v) is 11.4. The third kappa shape index (κ3) is 8.29. The van der Waals surface area contributed by atoms with Crippen molar-refractivity contribution in [2.24, 2.45) is 10.9 Å². The fraction of sp³-hybridized carbons (Fsp3) is 0.667. The number of sulfone groups is 1. The molecular formula is C21H31N3O5S2. The van der Waals surface area contributed by atoms with Crippen molar-refractivity contribution in [3.63, 3.8) is 0 Å². The summed E-state index contributed by atoms with van der Waals surface area (Å²) in [7, 11) is -3.15. The first-order chi connectivity index (χ1) is 14.4. The van der Waals surface area contributed by atoms with Crippen LogP contribution in [-0.2, 0) is 19.3 Å². The van der Waals surface area contributed by atoms with Gasteiger partial charge in [0.1, 0.15) is 15.4 Å². The number of hydrogen-bond donors (Lipinski definition) is 1. The highest BCUT2D eigenvalue weighted by molar-refractivity contribution is 7.90. The molecule has 8 nitrogen and oxygen atoms in total. The molecule has 4 unspecified atom stereocenters. The number of nitrogens with zero attached hydrogens (tertiary/aromatic N) is 2. The molecule has 1 aliphatic rings. The van der Waals surface area contributed by atoms with E-state index in [0.717, 1.165) is 12.0 Å². The Morgan fingerprint density at radius 2 is 2.10 bits per heavy atom. The lowest BCUT2D eigenvalue weighted by Crippen LogP contribution is -2.52. The maximum atomic E-state index is 12.5. The van der Waals surface area contributed by atoms with Crippen molar-refractivity contribution in [1.82, 2.24) is 10.3 Å². The van der Waals surface area contributed by atoms with E-state index in [4.69, 9.17) is 21.7 Å². The lowest BCUT2D eigenvalue weighted by Gasteiger charge is -2.41. The fourth-order valence-corrected chi connectivity index (χ4v) is 4.37. The van der Waals surface area contributed by atoms with Crippen molar-refractivity contribution in [1.29, 1.82) is 0 Å². The molecule has 0 aromatic carbocycles. The van der Waals surface area contributed by atoms with Crippen LogP contribution >= 0.6 is 12.2 Å². The van der Waals surface area contributed by atoms with Crippen LogP contribution in [0, 0.1) is 5.92 Å². The highest BCUT2D eigenvalue weighted by atomic mass is 32.2. The van der Waals surface area contributed by atoms with Gasteiger partial charge in [0.25, 0.3) is 0 Å². The molecule has 0 aliphatic heterocycles. The smallest absolute Gasteiger partial charge is 0.407 e. The van der Waals surface area contributed by atoms with Gasteiger partial charge in [-0.1, -0.05) is 6.92 Å². The quantitative estimate of drug-likeness (QED) is 0.480. The van der Waals surface area contributed by atoms with Crippen LogP contribution in [0.15, 0.2) is 23.5 Å². The molecule has 31 heavy (non-hydrogen) atoms. The Hall–Kier alpha value is -1.87. The topological polar surface area (TPSA) is 107 Å². The summed E-state index contributed by atoms with van der Waals surface area (Å²) in [6.45, 7) is 7.49. The number of pyridine rings is 1. The zero-order chi connectivity index (χ0) is 23.2. The van der Waals surface area contributed by atoms with Gasteiger partial charge in [-0.25, -0.2) is 13.2 Å². The number of ether oxygens (including phenoxy) is 2. The molecule has 0 spiro atoms. The van der Waals surface area contributed by atoms with Crippen molar-refractivity contribution in [2.45, 2.75) is 64.2 Å². The lowest BCUT2D eigenvalue weighted by atomic mass is 9.74. The van der Waals surface area contributed by atoms with Crippen LogP contribution in [0.4, 0.5) is 10.5 Å². The maximum absolute atomic E-state index is 12.5. The van der Waals surface area contributed by atoms with E-state index in [2.05, 4.69) is 20.5 Å². The van der Waals surface area contributed by atoms with E-state index < -0.39 is 21.5 Å². The highest BCUT2D eigenvalue weighted by Gasteiger charge is 2.39. The minimum Gasteiger partial charge on any atom is -0.444 e. The molecule has 0 saturated heterocycles. The second-order valence-electron chi connectivity index (χ2n) is 9.00. The van der Waals surface area contributed by atoms with Crippen LogP contribution in [-0.4, -0.2) is 61.0 Å². The summed E-state index contributed by atoms with van der Waals surface area (Å²) < 4.78 is 34.4. The van der Waals surface area contributed by atoms with Gasteiger partial charge in [0.15, 0.2) is 0 Å². The first kappa shape index (κ1) is 25.4. The Kier molecular flexibility index (Phi) is 8.71. The van der Waals surface area contributed by atoms with Gasteiger partial charge in [-0.3, -0.25) is 4.98 Å². The van der Waals surface area contributed by atoms with Crippen LogP contribution < -0.4 is 5.32 Å². The number of isothiocyanates is 1. The van der Waals surface area contributed by atoms with Crippen molar-refractivity contribution >= 4 is 39.0 Å². The van der Waals surface area contributed by atoms with Crippen LogP contribution in [0.5, 0.6) is 0 Å². The minimum absolute atomic E-state index is 0.0516. The molecule has 1 aromatic rings. The average Bonchev–Trinajstić information content (AvgIpc) is 2.62. The summed E-state index contributed by atoms with van der Waals surface area (Å²) in [5, 5.41) is 5.33. The summed E-state index contributed by atoms with van der Waals surface area (Å²) in [6.07, 6.45) is 5.00. The zero-order valence-corrected chi connectivity index (χ0v) is 20.3. The van der Waals surface area contributed by atoms with Crippen LogP contribution in [0.3, 0.4) is 0 Å². The monoisotopic (exact) mass is 469 g/mol. The molecular weight excluding hydrogens is 438 g/mol. The maximum Gasteiger partial charge on any atom is 0.407 e. The summed E-state index contributed by atoms with van der Waals surface area (Å²) in [5.74, 6) is 0.0574. The van der Waals surface area contributed by atoms with Gasteiger partial charge >= 0.3 is 6.09 Å². The minimum atomic E-state index is -3.15. The van der Waals surface area contributed by atoms with E-state index in [1.165, 1.54) is 6.26 Å². The molecule has 1 saturated carbocycles. The van der Waals surface area contributed by atoms with Crippen molar-refractivity contribution in [3.05, 3.63) is 24.0 Å². The predicted molar refractivity (Wildman–Crippen MR) is 123 cm³/mol. The Balaban J connectivity index is 2.25. The van der Waals surface area contributed by atoms with E-state index in [-0.39, 0.29) is 36.3 Å². The number of hydrogen-bond acceptors (Lipinski definition) is 8. The number of nitrogens with one attached hydrogen (secondary N) is 1. The number of aliphatic imine (C=N–C) groups is 1. The first-order valence-electron chi connectivity index (χ1n) is 10.2. The molecule has 1 amide bonds. The fourth-order valence-electron chi connectivity index (χ4n) is 3.87. The Morgan fingerprint density at radius 1 is 1.39 bits per heavy atom. The molecule has 1 heterocycles. The van der Waals surface area contributed by atoms with Gasteiger partial charge in [-0.05, 0) is 69.3 Å². The average molecular weight is 470 g/mol. The summed E-state index contributed by atoms with van der Waals surface area (Å²) in [6, 6.07) is 1.54. The number of aromatic nitrogens is 1. The van der Waals surface area contributed by atoms with E-state index in [1.807, 2.05) is 13.0 Å². The Bertz CT molecular complexity index is 923. The molecule has 1 aliphatic carbocycles. The Labute approximate surface area is 189 Å². The van der Waals surface area contributed by atoms with Gasteiger partial charge in [0, 0.05) is 12.5 Å². The van der Waals surface area contributed by atoms with Gasteiger partial charge in [-0.2, -0.15) is 4.99 Å². The third-order valence-corrected chi connectivity index (χ3v) is 6.06. The molecule has 2 rings (SSSR count). The zero-order valence-electron chi connectivity index (χ0n) is 18.6. The number of carbonyl (C=O) groups is 1. The number of carbonyl (C=O) groups excluding carboxylic acids is 1. The molecule has 0 bridgehead atoms. The molecule has 172 valence electrons. The predicted octanol–water partition coefficient (Wildman–Crippen LogP) is 3.65. The van der Waals surface area contributed by atoms with Gasteiger partial charge in [0.05, 0.1) is 41.6 Å².